The van der Waals surface area contributed by atoms with E-state index in [1.165, 1.54) is 19.3 Å². The fourth-order valence-corrected chi connectivity index (χ4v) is 5.38. The van der Waals surface area contributed by atoms with Crippen molar-refractivity contribution in [2.45, 2.75) is 78.7 Å². The number of imidazole rings is 2. The van der Waals surface area contributed by atoms with Gasteiger partial charge in [0.2, 0.25) is 5.95 Å². The molecule has 2 N–H and O–H groups in total. The van der Waals surface area contributed by atoms with Crippen LogP contribution in [-0.4, -0.2) is 54.3 Å². The van der Waals surface area contributed by atoms with Gasteiger partial charge in [0.1, 0.15) is 22.5 Å². The molecule has 3 aromatic heterocycles. The van der Waals surface area contributed by atoms with Crippen molar-refractivity contribution in [3.05, 3.63) is 30.6 Å². The van der Waals surface area contributed by atoms with Crippen LogP contribution >= 0.6 is 0 Å². The maximum absolute atomic E-state index is 15.5. The van der Waals surface area contributed by atoms with Gasteiger partial charge in [0.25, 0.3) is 0 Å². The third-order valence-electron chi connectivity index (χ3n) is 7.29. The first-order valence-electron chi connectivity index (χ1n) is 13.9. The quantitative estimate of drug-likeness (QED) is 0.336. The number of aromatic amines is 1. The van der Waals surface area contributed by atoms with Gasteiger partial charge in [0.05, 0.1) is 18.2 Å². The zero-order valence-corrected chi connectivity index (χ0v) is 22.5. The van der Waals surface area contributed by atoms with Crippen LogP contribution in [0, 0.1) is 11.7 Å². The lowest BCUT2D eigenvalue weighted by atomic mass is 9.95. The number of halogens is 1. The van der Waals surface area contributed by atoms with Crippen LogP contribution in [0.4, 0.5) is 10.3 Å². The molecule has 9 heteroatoms. The fourth-order valence-electron chi connectivity index (χ4n) is 5.38. The van der Waals surface area contributed by atoms with Crippen molar-refractivity contribution in [1.29, 1.82) is 0 Å². The maximum atomic E-state index is 15.5. The Morgan fingerprint density at radius 2 is 1.70 bits per heavy atom. The van der Waals surface area contributed by atoms with Crippen LogP contribution in [0.15, 0.2) is 24.8 Å². The van der Waals surface area contributed by atoms with Crippen LogP contribution in [0.5, 0.6) is 0 Å². The fraction of sp³-hybridized carbons (Fsp3) is 0.571. The highest BCUT2D eigenvalue weighted by atomic mass is 19.1. The minimum atomic E-state index is -0.276. The van der Waals surface area contributed by atoms with E-state index in [0.717, 1.165) is 38.8 Å². The number of hydrogen-bond acceptors (Lipinski definition) is 6. The number of benzene rings is 1. The minimum absolute atomic E-state index is 0.213. The summed E-state index contributed by atoms with van der Waals surface area (Å²) in [5.74, 6) is 0.641. The number of nitrogens with zero attached hydrogens (tertiary/aromatic N) is 6. The molecule has 6 rings (SSSR count). The van der Waals surface area contributed by atoms with Crippen LogP contribution in [0.25, 0.3) is 33.5 Å². The van der Waals surface area contributed by atoms with Crippen molar-refractivity contribution in [1.82, 2.24) is 29.5 Å². The molecular formula is C28H40FN7O. The Kier molecular flexibility index (Phi) is 9.08. The molecule has 0 unspecified atom stereocenters. The molecule has 0 spiro atoms. The van der Waals surface area contributed by atoms with Gasteiger partial charge in [0.15, 0.2) is 5.65 Å². The Bertz CT molecular complexity index is 1290. The van der Waals surface area contributed by atoms with Crippen molar-refractivity contribution >= 4 is 28.1 Å². The van der Waals surface area contributed by atoms with E-state index in [-0.39, 0.29) is 12.4 Å². The van der Waals surface area contributed by atoms with E-state index in [1.807, 2.05) is 38.3 Å². The first-order valence-corrected chi connectivity index (χ1v) is 13.9. The van der Waals surface area contributed by atoms with Crippen LogP contribution in [0.1, 0.15) is 78.7 Å². The molecule has 0 atom stereocenters. The third kappa shape index (κ3) is 5.46. The second-order valence-corrected chi connectivity index (χ2v) is 9.36. The Hall–Kier alpha value is -3.07. The lowest BCUT2D eigenvalue weighted by Crippen LogP contribution is -2.35. The average molecular weight is 510 g/mol. The summed E-state index contributed by atoms with van der Waals surface area (Å²) in [6, 6.07) is 3.80. The second kappa shape index (κ2) is 12.4. The van der Waals surface area contributed by atoms with Gasteiger partial charge >= 0.3 is 0 Å². The molecule has 1 saturated heterocycles. The number of hydrogen-bond donors (Lipinski definition) is 2. The van der Waals surface area contributed by atoms with Gasteiger partial charge in [-0.15, -0.1) is 0 Å². The number of piperidine rings is 1. The highest BCUT2D eigenvalue weighted by Crippen LogP contribution is 2.35. The summed E-state index contributed by atoms with van der Waals surface area (Å²) >= 11 is 0. The van der Waals surface area contributed by atoms with E-state index in [4.69, 9.17) is 4.98 Å². The lowest BCUT2D eigenvalue weighted by molar-refractivity contribution is 0.202. The summed E-state index contributed by atoms with van der Waals surface area (Å²) in [6.07, 6.45) is 10.9. The summed E-state index contributed by atoms with van der Waals surface area (Å²) in [6.45, 7) is 9.77. The highest BCUT2D eigenvalue weighted by molar-refractivity contribution is 5.91. The topological polar surface area (TPSA) is 95.8 Å². The van der Waals surface area contributed by atoms with E-state index in [0.29, 0.717) is 51.4 Å². The summed E-state index contributed by atoms with van der Waals surface area (Å²) in [5, 5.41) is 9.44. The lowest BCUT2D eigenvalue weighted by Gasteiger charge is -2.31. The van der Waals surface area contributed by atoms with E-state index in [1.54, 1.807) is 18.7 Å². The third-order valence-corrected chi connectivity index (χ3v) is 7.29. The molecule has 1 saturated carbocycles. The molecule has 37 heavy (non-hydrogen) atoms. The van der Waals surface area contributed by atoms with Gasteiger partial charge in [-0.2, -0.15) is 4.98 Å². The molecule has 0 bridgehead atoms. The number of rotatable bonds is 4. The molecule has 1 aliphatic heterocycles. The number of H-pyrrole nitrogens is 1. The van der Waals surface area contributed by atoms with E-state index in [9.17, 15) is 5.11 Å². The zero-order valence-electron chi connectivity index (χ0n) is 22.5. The van der Waals surface area contributed by atoms with E-state index in [2.05, 4.69) is 24.8 Å². The Morgan fingerprint density at radius 1 is 0.973 bits per heavy atom. The number of aromatic nitrogens is 6. The average Bonchev–Trinajstić information content (AvgIpc) is 3.63. The molecule has 2 fully saturated rings. The standard InChI is InChI=1S/C24H28FN7O.2C2H6/c25-18-10-16(11-19-22(18)32(14-28-19)17-4-2-1-3-5-17)20-21-23(27-13-26-21)30-24(29-20)31-8-6-15(12-33)7-9-31;2*1-2/h10-11,13-15,17,33H,1-9,12H2,(H,26,27,29,30);2*1-2H3. The van der Waals surface area contributed by atoms with Crippen LogP contribution < -0.4 is 4.90 Å². The predicted molar refractivity (Wildman–Crippen MR) is 147 cm³/mol. The van der Waals surface area contributed by atoms with Crippen molar-refractivity contribution in [3.8, 4) is 11.3 Å². The van der Waals surface area contributed by atoms with Gasteiger partial charge in [-0.25, -0.2) is 19.3 Å². The summed E-state index contributed by atoms with van der Waals surface area (Å²) in [7, 11) is 0. The number of anilines is 1. The van der Waals surface area contributed by atoms with Gasteiger partial charge < -0.3 is 19.6 Å². The zero-order chi connectivity index (χ0) is 26.4. The predicted octanol–water partition coefficient (Wildman–Crippen LogP) is 6.28. The van der Waals surface area contributed by atoms with Gasteiger partial charge in [0, 0.05) is 31.3 Å². The van der Waals surface area contributed by atoms with Gasteiger partial charge in [-0.3, -0.25) is 0 Å². The van der Waals surface area contributed by atoms with E-state index < -0.39 is 0 Å². The Labute approximate surface area is 218 Å². The molecule has 4 aromatic rings. The van der Waals surface area contributed by atoms with Crippen molar-refractivity contribution in [2.24, 2.45) is 5.92 Å². The summed E-state index contributed by atoms with van der Waals surface area (Å²) < 4.78 is 17.5. The van der Waals surface area contributed by atoms with Crippen LogP contribution in [0.2, 0.25) is 0 Å². The Morgan fingerprint density at radius 3 is 2.41 bits per heavy atom. The smallest absolute Gasteiger partial charge is 0.228 e. The molecule has 1 aromatic carbocycles. The largest absolute Gasteiger partial charge is 0.396 e. The van der Waals surface area contributed by atoms with Crippen LogP contribution in [-0.2, 0) is 0 Å². The Balaban J connectivity index is 0.000000765. The second-order valence-electron chi connectivity index (χ2n) is 9.36. The van der Waals surface area contributed by atoms with E-state index >= 15 is 4.39 Å². The molecule has 0 radical (unpaired) electrons. The molecule has 0 amide bonds. The monoisotopic (exact) mass is 509 g/mol. The highest BCUT2D eigenvalue weighted by Gasteiger charge is 2.24. The van der Waals surface area contributed by atoms with Gasteiger partial charge in [-0.1, -0.05) is 47.0 Å². The first kappa shape index (κ1) is 27.0. The summed E-state index contributed by atoms with van der Waals surface area (Å²) in [5.41, 5.74) is 3.77. The van der Waals surface area contributed by atoms with Crippen molar-refractivity contribution in [3.63, 3.8) is 0 Å². The number of aliphatic hydroxyl groups is 1. The minimum Gasteiger partial charge on any atom is -0.396 e. The number of fused-ring (bicyclic) bond motifs is 2. The SMILES string of the molecule is CC.CC.OCC1CCN(c2nc(-c3cc(F)c4c(c3)ncn4C3CCCCC3)c3[nH]cnc3n2)CC1. The molecule has 200 valence electrons. The molecule has 4 heterocycles. The normalized spacial score (nSPS) is 16.9. The summed E-state index contributed by atoms with van der Waals surface area (Å²) in [4.78, 5) is 23.6. The molecule has 2 aliphatic rings. The van der Waals surface area contributed by atoms with Crippen molar-refractivity contribution in [2.75, 3.05) is 24.6 Å². The van der Waals surface area contributed by atoms with Gasteiger partial charge in [-0.05, 0) is 43.7 Å². The van der Waals surface area contributed by atoms with Crippen molar-refractivity contribution < 1.29 is 9.50 Å². The first-order chi connectivity index (χ1) is 18.2. The molecule has 8 nitrogen and oxygen atoms in total. The van der Waals surface area contributed by atoms with Crippen LogP contribution in [0.3, 0.4) is 0 Å². The number of nitrogens with one attached hydrogen (secondary N) is 1. The number of aliphatic hydroxyl groups excluding tert-OH is 1. The maximum Gasteiger partial charge on any atom is 0.228 e. The molecular weight excluding hydrogens is 469 g/mol. The molecule has 1 aliphatic carbocycles.